The molecule has 2 aromatic carbocycles. The Bertz CT molecular complexity index is 833. The number of carbonyl (C=O) groups excluding carboxylic acids is 3. The number of Topliss-reactive ketones (excluding diaryl/α,β-unsaturated/α-hetero) is 1. The van der Waals surface area contributed by atoms with Gasteiger partial charge in [-0.05, 0) is 36.6 Å². The minimum atomic E-state index is -0.635. The van der Waals surface area contributed by atoms with Crippen molar-refractivity contribution < 1.29 is 23.5 Å². The normalized spacial score (nSPS) is 10.4. The van der Waals surface area contributed by atoms with Gasteiger partial charge in [-0.3, -0.25) is 14.4 Å². The lowest BCUT2D eigenvalue weighted by molar-refractivity contribution is -0.147. The molecule has 0 aliphatic heterocycles. The van der Waals surface area contributed by atoms with E-state index in [2.05, 4.69) is 12.2 Å². The summed E-state index contributed by atoms with van der Waals surface area (Å²) in [4.78, 5) is 35.7. The van der Waals surface area contributed by atoms with Crippen LogP contribution in [0.1, 0.15) is 54.9 Å². The molecule has 1 N–H and O–H groups in total. The van der Waals surface area contributed by atoms with Gasteiger partial charge in [-0.1, -0.05) is 50.1 Å². The molecule has 6 heteroatoms. The molecule has 0 spiro atoms. The number of benzene rings is 2. The highest BCUT2D eigenvalue weighted by molar-refractivity contribution is 5.98. The van der Waals surface area contributed by atoms with E-state index < -0.39 is 24.3 Å². The van der Waals surface area contributed by atoms with Gasteiger partial charge >= 0.3 is 5.97 Å². The minimum Gasteiger partial charge on any atom is -0.456 e. The molecule has 0 atom stereocenters. The number of unbranched alkanes of at least 4 members (excludes halogenated alkanes) is 2. The lowest BCUT2D eigenvalue weighted by Crippen LogP contribution is -2.21. The number of ketones is 1. The first-order valence-electron chi connectivity index (χ1n) is 9.81. The molecule has 0 heterocycles. The van der Waals surface area contributed by atoms with Crippen molar-refractivity contribution >= 4 is 23.3 Å². The highest BCUT2D eigenvalue weighted by Gasteiger charge is 2.12. The van der Waals surface area contributed by atoms with Crippen LogP contribution in [-0.4, -0.2) is 24.3 Å². The predicted octanol–water partition coefficient (Wildman–Crippen LogP) is 4.70. The Morgan fingerprint density at radius 2 is 1.76 bits per heavy atom. The molecule has 0 aromatic heterocycles. The van der Waals surface area contributed by atoms with Crippen LogP contribution in [0.15, 0.2) is 48.5 Å². The average Bonchev–Trinajstić information content (AvgIpc) is 2.71. The molecule has 0 radical (unpaired) electrons. The van der Waals surface area contributed by atoms with Gasteiger partial charge in [-0.2, -0.15) is 0 Å². The van der Waals surface area contributed by atoms with E-state index in [0.717, 1.165) is 18.9 Å². The highest BCUT2D eigenvalue weighted by Crippen LogP contribution is 2.12. The monoisotopic (exact) mass is 399 g/mol. The van der Waals surface area contributed by atoms with E-state index in [1.54, 1.807) is 12.1 Å². The van der Waals surface area contributed by atoms with Crippen LogP contribution in [0.3, 0.4) is 0 Å². The van der Waals surface area contributed by atoms with Gasteiger partial charge in [0.25, 0.3) is 5.91 Å². The summed E-state index contributed by atoms with van der Waals surface area (Å²) in [5, 5.41) is 2.43. The maximum Gasteiger partial charge on any atom is 0.306 e. The number of halogens is 1. The number of ether oxygens (including phenoxy) is 1. The molecule has 0 aliphatic rings. The fourth-order valence-electron chi connectivity index (χ4n) is 2.78. The van der Waals surface area contributed by atoms with Crippen LogP contribution in [0, 0.1) is 5.82 Å². The lowest BCUT2D eigenvalue weighted by atomic mass is 10.0. The summed E-state index contributed by atoms with van der Waals surface area (Å²) in [6.45, 7) is 1.67. The number of rotatable bonds is 11. The van der Waals surface area contributed by atoms with Gasteiger partial charge in [0.2, 0.25) is 0 Å². The van der Waals surface area contributed by atoms with Gasteiger partial charge in [0.05, 0.1) is 6.42 Å². The lowest BCUT2D eigenvalue weighted by Gasteiger charge is -2.07. The Balaban J connectivity index is 1.70. The summed E-state index contributed by atoms with van der Waals surface area (Å²) in [7, 11) is 0. The van der Waals surface area contributed by atoms with E-state index in [9.17, 15) is 18.8 Å². The third kappa shape index (κ3) is 8.25. The fraction of sp³-hybridized carbons (Fsp3) is 0.348. The zero-order chi connectivity index (χ0) is 21.1. The molecule has 2 aromatic rings. The Morgan fingerprint density at radius 1 is 1.00 bits per heavy atom. The molecular weight excluding hydrogens is 373 g/mol. The topological polar surface area (TPSA) is 72.5 Å². The first kappa shape index (κ1) is 22.3. The second kappa shape index (κ2) is 11.7. The molecule has 154 valence electrons. The molecule has 0 unspecified atom stereocenters. The van der Waals surface area contributed by atoms with Gasteiger partial charge in [-0.15, -0.1) is 0 Å². The number of hydrogen-bond acceptors (Lipinski definition) is 4. The van der Waals surface area contributed by atoms with Crippen LogP contribution in [-0.2, 0) is 20.7 Å². The van der Waals surface area contributed by atoms with Crippen molar-refractivity contribution in [3.8, 4) is 0 Å². The van der Waals surface area contributed by atoms with Crippen LogP contribution < -0.4 is 5.32 Å². The summed E-state index contributed by atoms with van der Waals surface area (Å²) in [6, 6.07) is 12.8. The van der Waals surface area contributed by atoms with E-state index in [-0.39, 0.29) is 24.3 Å². The maximum absolute atomic E-state index is 13.1. The second-order valence-electron chi connectivity index (χ2n) is 6.80. The van der Waals surface area contributed by atoms with Crippen molar-refractivity contribution in [1.82, 2.24) is 0 Å². The molecule has 2 rings (SSSR count). The molecule has 0 fully saturated rings. The number of aryl methyl sites for hydroxylation is 1. The Labute approximate surface area is 170 Å². The Kier molecular flexibility index (Phi) is 9.02. The number of carbonyl (C=O) groups is 3. The van der Waals surface area contributed by atoms with E-state index in [1.165, 1.54) is 36.6 Å². The molecule has 1 amide bonds. The number of hydrogen-bond donors (Lipinski definition) is 1. The zero-order valence-electron chi connectivity index (χ0n) is 16.6. The Morgan fingerprint density at radius 3 is 2.45 bits per heavy atom. The Hall–Kier alpha value is -3.02. The fourth-order valence-corrected chi connectivity index (χ4v) is 2.78. The van der Waals surface area contributed by atoms with E-state index in [1.807, 2.05) is 12.1 Å². The summed E-state index contributed by atoms with van der Waals surface area (Å²) in [5.41, 5.74) is 2.03. The summed E-state index contributed by atoms with van der Waals surface area (Å²) in [6.07, 6.45) is 4.38. The molecule has 0 aliphatic carbocycles. The van der Waals surface area contributed by atoms with Crippen LogP contribution in [0.25, 0.3) is 0 Å². The van der Waals surface area contributed by atoms with Gasteiger partial charge in [-0.25, -0.2) is 4.39 Å². The van der Waals surface area contributed by atoms with Gasteiger partial charge in [0.15, 0.2) is 12.4 Å². The number of nitrogens with one attached hydrogen (secondary N) is 1. The van der Waals surface area contributed by atoms with E-state index in [0.29, 0.717) is 5.56 Å². The summed E-state index contributed by atoms with van der Waals surface area (Å²) in [5.74, 6) is -1.84. The quantitative estimate of drug-likeness (QED) is 0.338. The average molecular weight is 399 g/mol. The largest absolute Gasteiger partial charge is 0.456 e. The van der Waals surface area contributed by atoms with Gasteiger partial charge in [0, 0.05) is 17.7 Å². The molecule has 0 saturated heterocycles. The van der Waals surface area contributed by atoms with Crippen molar-refractivity contribution in [3.05, 3.63) is 65.5 Å². The van der Waals surface area contributed by atoms with Crippen LogP contribution in [0.2, 0.25) is 0 Å². The number of anilines is 1. The summed E-state index contributed by atoms with van der Waals surface area (Å²) >= 11 is 0. The number of esters is 1. The SMILES string of the molecule is CCCCCc1ccc(C(=O)CCC(=O)OCC(=O)Nc2cccc(F)c2)cc1. The van der Waals surface area contributed by atoms with Crippen molar-refractivity contribution in [2.75, 3.05) is 11.9 Å². The standard InChI is InChI=1S/C23H26FNO4/c1-2-3-4-6-17-9-11-18(12-10-17)21(26)13-14-23(28)29-16-22(27)25-20-8-5-7-19(24)15-20/h5,7-12,15H,2-4,6,13-14,16H2,1H3,(H,25,27). The maximum atomic E-state index is 13.1. The third-order valence-corrected chi connectivity index (χ3v) is 4.37. The second-order valence-corrected chi connectivity index (χ2v) is 6.80. The minimum absolute atomic E-state index is 0.0134. The highest BCUT2D eigenvalue weighted by atomic mass is 19.1. The van der Waals surface area contributed by atoms with E-state index >= 15 is 0 Å². The molecule has 5 nitrogen and oxygen atoms in total. The first-order chi connectivity index (χ1) is 14.0. The predicted molar refractivity (Wildman–Crippen MR) is 109 cm³/mol. The summed E-state index contributed by atoms with van der Waals surface area (Å²) < 4.78 is 17.9. The van der Waals surface area contributed by atoms with Gasteiger partial charge < -0.3 is 10.1 Å². The van der Waals surface area contributed by atoms with E-state index in [4.69, 9.17) is 4.74 Å². The van der Waals surface area contributed by atoms with Crippen molar-refractivity contribution in [3.63, 3.8) is 0 Å². The molecule has 0 bridgehead atoms. The van der Waals surface area contributed by atoms with Crippen LogP contribution in [0.4, 0.5) is 10.1 Å². The van der Waals surface area contributed by atoms with Crippen LogP contribution in [0.5, 0.6) is 0 Å². The van der Waals surface area contributed by atoms with Gasteiger partial charge in [0.1, 0.15) is 5.82 Å². The first-order valence-corrected chi connectivity index (χ1v) is 9.81. The van der Waals surface area contributed by atoms with Crippen LogP contribution >= 0.6 is 0 Å². The smallest absolute Gasteiger partial charge is 0.306 e. The van der Waals surface area contributed by atoms with Crippen molar-refractivity contribution in [1.29, 1.82) is 0 Å². The number of amides is 1. The van der Waals surface area contributed by atoms with Crippen molar-refractivity contribution in [2.24, 2.45) is 0 Å². The molecule has 0 saturated carbocycles. The molecule has 29 heavy (non-hydrogen) atoms. The zero-order valence-corrected chi connectivity index (χ0v) is 16.6. The van der Waals surface area contributed by atoms with Crippen molar-refractivity contribution in [2.45, 2.75) is 45.4 Å². The molecular formula is C23H26FNO4. The third-order valence-electron chi connectivity index (χ3n) is 4.37.